The van der Waals surface area contributed by atoms with Gasteiger partial charge in [-0.15, -0.1) is 0 Å². The maximum atomic E-state index is 12.5. The van der Waals surface area contributed by atoms with Crippen molar-refractivity contribution in [1.29, 1.82) is 0 Å². The van der Waals surface area contributed by atoms with Gasteiger partial charge in [0.25, 0.3) is 5.91 Å². The maximum absolute atomic E-state index is 12.5. The molecule has 148 valence electrons. The molecular formula is C20H26N6O2. The number of hydrogen-bond donors (Lipinski definition) is 2. The molecule has 1 aromatic carbocycles. The fourth-order valence-electron chi connectivity index (χ4n) is 3.11. The van der Waals surface area contributed by atoms with Gasteiger partial charge in [0, 0.05) is 56.4 Å². The third-order valence-electron chi connectivity index (χ3n) is 4.69. The topological polar surface area (TPSA) is 90.5 Å². The number of hydrogen-bond acceptors (Lipinski definition) is 6. The van der Waals surface area contributed by atoms with Crippen LogP contribution in [0.15, 0.2) is 36.7 Å². The Balaban J connectivity index is 1.53. The van der Waals surface area contributed by atoms with E-state index in [1.807, 2.05) is 19.9 Å². The summed E-state index contributed by atoms with van der Waals surface area (Å²) in [6.07, 6.45) is 3.47. The highest BCUT2D eigenvalue weighted by atomic mass is 16.2. The zero-order valence-electron chi connectivity index (χ0n) is 16.3. The van der Waals surface area contributed by atoms with Gasteiger partial charge in [-0.2, -0.15) is 0 Å². The molecule has 8 nitrogen and oxygen atoms in total. The number of rotatable bonds is 6. The molecule has 1 aliphatic rings. The predicted molar refractivity (Wildman–Crippen MR) is 109 cm³/mol. The van der Waals surface area contributed by atoms with Crippen molar-refractivity contribution in [2.24, 2.45) is 0 Å². The van der Waals surface area contributed by atoms with Crippen LogP contribution < -0.4 is 15.5 Å². The van der Waals surface area contributed by atoms with E-state index < -0.39 is 0 Å². The van der Waals surface area contributed by atoms with Crippen molar-refractivity contribution in [3.8, 4) is 0 Å². The zero-order chi connectivity index (χ0) is 19.9. The molecule has 0 saturated carbocycles. The van der Waals surface area contributed by atoms with Crippen LogP contribution in [0.25, 0.3) is 0 Å². The van der Waals surface area contributed by atoms with Gasteiger partial charge in [-0.05, 0) is 37.6 Å². The number of aromatic nitrogens is 2. The van der Waals surface area contributed by atoms with E-state index in [2.05, 4.69) is 30.4 Å². The van der Waals surface area contributed by atoms with E-state index in [9.17, 15) is 9.59 Å². The molecule has 28 heavy (non-hydrogen) atoms. The number of nitrogens with zero attached hydrogens (tertiary/aromatic N) is 4. The molecular weight excluding hydrogens is 356 g/mol. The first kappa shape index (κ1) is 19.8. The number of nitrogens with one attached hydrogen (secondary N) is 2. The molecule has 8 heteroatoms. The third-order valence-corrected chi connectivity index (χ3v) is 4.69. The number of aryl methyl sites for hydroxylation is 1. The maximum Gasteiger partial charge on any atom is 0.251 e. The summed E-state index contributed by atoms with van der Waals surface area (Å²) in [5.41, 5.74) is 2.14. The average molecular weight is 382 g/mol. The summed E-state index contributed by atoms with van der Waals surface area (Å²) < 4.78 is 0. The first-order valence-electron chi connectivity index (χ1n) is 9.50. The van der Waals surface area contributed by atoms with Crippen LogP contribution in [0.4, 0.5) is 11.6 Å². The van der Waals surface area contributed by atoms with Gasteiger partial charge in [0.2, 0.25) is 11.9 Å². The SMILES string of the molecule is CCNC(=O)c1ccc(C)c(NC(=O)CN2CCN(c3ncccn3)CC2)c1. The van der Waals surface area contributed by atoms with Crippen molar-refractivity contribution in [2.45, 2.75) is 13.8 Å². The van der Waals surface area contributed by atoms with E-state index in [4.69, 9.17) is 0 Å². The molecule has 2 N–H and O–H groups in total. The van der Waals surface area contributed by atoms with E-state index in [1.165, 1.54) is 0 Å². The molecule has 0 unspecified atom stereocenters. The Morgan fingerprint density at radius 2 is 1.82 bits per heavy atom. The van der Waals surface area contributed by atoms with E-state index in [0.717, 1.165) is 37.7 Å². The zero-order valence-corrected chi connectivity index (χ0v) is 16.3. The summed E-state index contributed by atoms with van der Waals surface area (Å²) in [5, 5.41) is 5.71. The van der Waals surface area contributed by atoms with Gasteiger partial charge in [0.05, 0.1) is 6.54 Å². The molecule has 0 aliphatic carbocycles. The van der Waals surface area contributed by atoms with Crippen LogP contribution in [-0.4, -0.2) is 66.0 Å². The Hall–Kier alpha value is -3.00. The molecule has 1 saturated heterocycles. The molecule has 2 amide bonds. The van der Waals surface area contributed by atoms with Crippen molar-refractivity contribution in [3.63, 3.8) is 0 Å². The molecule has 2 aromatic rings. The van der Waals surface area contributed by atoms with E-state index in [1.54, 1.807) is 30.6 Å². The molecule has 0 spiro atoms. The fourth-order valence-corrected chi connectivity index (χ4v) is 3.11. The van der Waals surface area contributed by atoms with Gasteiger partial charge in [0.15, 0.2) is 0 Å². The average Bonchev–Trinajstić information content (AvgIpc) is 2.71. The van der Waals surface area contributed by atoms with Crippen LogP contribution in [0.1, 0.15) is 22.8 Å². The summed E-state index contributed by atoms with van der Waals surface area (Å²) in [6, 6.07) is 7.13. The van der Waals surface area contributed by atoms with Crippen LogP contribution in [0, 0.1) is 6.92 Å². The molecule has 0 radical (unpaired) electrons. The molecule has 1 aliphatic heterocycles. The number of piperazine rings is 1. The molecule has 1 fully saturated rings. The molecule has 1 aromatic heterocycles. The Morgan fingerprint density at radius 1 is 1.11 bits per heavy atom. The van der Waals surface area contributed by atoms with Crippen LogP contribution in [-0.2, 0) is 4.79 Å². The Labute approximate surface area is 165 Å². The van der Waals surface area contributed by atoms with Gasteiger partial charge in [0.1, 0.15) is 0 Å². The summed E-state index contributed by atoms with van der Waals surface area (Å²) in [5.74, 6) is 0.502. The van der Waals surface area contributed by atoms with E-state index >= 15 is 0 Å². The minimum Gasteiger partial charge on any atom is -0.352 e. The Morgan fingerprint density at radius 3 is 2.50 bits per heavy atom. The van der Waals surface area contributed by atoms with Crippen LogP contribution in [0.3, 0.4) is 0 Å². The monoisotopic (exact) mass is 382 g/mol. The summed E-state index contributed by atoms with van der Waals surface area (Å²) >= 11 is 0. The van der Waals surface area contributed by atoms with Crippen molar-refractivity contribution in [1.82, 2.24) is 20.2 Å². The molecule has 3 rings (SSSR count). The minimum atomic E-state index is -0.141. The van der Waals surface area contributed by atoms with Crippen molar-refractivity contribution in [3.05, 3.63) is 47.8 Å². The van der Waals surface area contributed by atoms with Crippen molar-refractivity contribution >= 4 is 23.5 Å². The quantitative estimate of drug-likeness (QED) is 0.783. The highest BCUT2D eigenvalue weighted by Gasteiger charge is 2.20. The van der Waals surface area contributed by atoms with Gasteiger partial charge in [-0.1, -0.05) is 6.07 Å². The van der Waals surface area contributed by atoms with Crippen LogP contribution >= 0.6 is 0 Å². The number of carbonyl (C=O) groups is 2. The second-order valence-electron chi connectivity index (χ2n) is 6.75. The number of anilines is 2. The van der Waals surface area contributed by atoms with Crippen molar-refractivity contribution in [2.75, 3.05) is 49.5 Å². The standard InChI is InChI=1S/C20H26N6O2/c1-3-21-19(28)16-6-5-15(2)17(13-16)24-18(27)14-25-9-11-26(12-10-25)20-22-7-4-8-23-20/h4-8,13H,3,9-12,14H2,1-2H3,(H,21,28)(H,24,27). The van der Waals surface area contributed by atoms with E-state index in [-0.39, 0.29) is 11.8 Å². The van der Waals surface area contributed by atoms with Crippen LogP contribution in [0.2, 0.25) is 0 Å². The number of amides is 2. The van der Waals surface area contributed by atoms with E-state index in [0.29, 0.717) is 24.3 Å². The summed E-state index contributed by atoms with van der Waals surface area (Å²) in [7, 11) is 0. The molecule has 2 heterocycles. The Bertz CT molecular complexity index is 819. The van der Waals surface area contributed by atoms with Gasteiger partial charge in [-0.25, -0.2) is 9.97 Å². The lowest BCUT2D eigenvalue weighted by atomic mass is 10.1. The number of benzene rings is 1. The van der Waals surface area contributed by atoms with Gasteiger partial charge < -0.3 is 15.5 Å². The normalized spacial score (nSPS) is 14.6. The smallest absolute Gasteiger partial charge is 0.251 e. The van der Waals surface area contributed by atoms with Gasteiger partial charge in [-0.3, -0.25) is 14.5 Å². The summed E-state index contributed by atoms with van der Waals surface area (Å²) in [4.78, 5) is 37.3. The highest BCUT2D eigenvalue weighted by Crippen LogP contribution is 2.17. The first-order valence-corrected chi connectivity index (χ1v) is 9.50. The number of carbonyl (C=O) groups excluding carboxylic acids is 2. The predicted octanol–water partition coefficient (Wildman–Crippen LogP) is 1.30. The van der Waals surface area contributed by atoms with Gasteiger partial charge >= 0.3 is 0 Å². The summed E-state index contributed by atoms with van der Waals surface area (Å²) in [6.45, 7) is 7.76. The first-order chi connectivity index (χ1) is 13.6. The second-order valence-corrected chi connectivity index (χ2v) is 6.75. The lowest BCUT2D eigenvalue weighted by molar-refractivity contribution is -0.117. The molecule has 0 bridgehead atoms. The fraction of sp³-hybridized carbons (Fsp3) is 0.400. The minimum absolute atomic E-state index is 0.0828. The molecule has 0 atom stereocenters. The Kier molecular flexibility index (Phi) is 6.54. The second kappa shape index (κ2) is 9.27. The van der Waals surface area contributed by atoms with Crippen LogP contribution in [0.5, 0.6) is 0 Å². The lowest BCUT2D eigenvalue weighted by Crippen LogP contribution is -2.49. The lowest BCUT2D eigenvalue weighted by Gasteiger charge is -2.34. The third kappa shape index (κ3) is 5.04. The highest BCUT2D eigenvalue weighted by molar-refractivity contribution is 5.98. The van der Waals surface area contributed by atoms with Crippen molar-refractivity contribution < 1.29 is 9.59 Å². The largest absolute Gasteiger partial charge is 0.352 e.